The van der Waals surface area contributed by atoms with Gasteiger partial charge in [0, 0.05) is 41.5 Å². The Bertz CT molecular complexity index is 2300. The van der Waals surface area contributed by atoms with Crippen molar-refractivity contribution in [1.82, 2.24) is 39.0 Å². The van der Waals surface area contributed by atoms with Gasteiger partial charge in [0.1, 0.15) is 41.6 Å². The van der Waals surface area contributed by atoms with E-state index in [9.17, 15) is 33.6 Å². The Morgan fingerprint density at radius 2 is 1.07 bits per heavy atom. The van der Waals surface area contributed by atoms with Gasteiger partial charge in [0.2, 0.25) is 5.95 Å². The molecule has 6 heterocycles. The number of carbonyl (C=O) groups is 6. The van der Waals surface area contributed by atoms with E-state index in [2.05, 4.69) is 29.9 Å². The fourth-order valence-corrected chi connectivity index (χ4v) is 6.44. The lowest BCUT2D eigenvalue weighted by molar-refractivity contribution is -0.166. The summed E-state index contributed by atoms with van der Waals surface area (Å²) in [5, 5.41) is -0.00457. The number of ether oxygens (including phenoxy) is 8. The van der Waals surface area contributed by atoms with Crippen LogP contribution in [0.2, 0.25) is 10.3 Å². The first-order chi connectivity index (χ1) is 27.3. The predicted octanol–water partition coefficient (Wildman–Crippen LogP) is 0.483. The highest BCUT2D eigenvalue weighted by atomic mass is 35.5. The Balaban J connectivity index is 0.000000221. The van der Waals surface area contributed by atoms with Crippen LogP contribution in [0, 0.1) is 0 Å². The summed E-state index contributed by atoms with van der Waals surface area (Å²) in [4.78, 5) is 103. The van der Waals surface area contributed by atoms with Crippen molar-refractivity contribution in [2.24, 2.45) is 0 Å². The number of imidazole rings is 2. The molecular weight excluding hydrogens is 821 g/mol. The van der Waals surface area contributed by atoms with E-state index in [4.69, 9.17) is 66.8 Å². The van der Waals surface area contributed by atoms with Crippen LogP contribution < -0.4 is 11.4 Å². The highest BCUT2D eigenvalue weighted by Crippen LogP contribution is 2.38. The molecule has 2 aliphatic rings. The molecule has 8 atom stereocenters. The molecule has 4 aromatic heterocycles. The minimum atomic E-state index is -1.13. The van der Waals surface area contributed by atoms with Gasteiger partial charge in [-0.1, -0.05) is 23.2 Å². The maximum absolute atomic E-state index is 11.7. The number of fused-ring (bicyclic) bond motifs is 2. The van der Waals surface area contributed by atoms with E-state index in [1.807, 2.05) is 0 Å². The van der Waals surface area contributed by atoms with Gasteiger partial charge in [0.05, 0.1) is 12.7 Å². The number of nitrogen functional groups attached to an aromatic ring is 1. The maximum Gasteiger partial charge on any atom is 0.348 e. The van der Waals surface area contributed by atoms with Gasteiger partial charge in [0.25, 0.3) is 0 Å². The number of halogens is 2. The Labute approximate surface area is 335 Å². The number of carbonyl (C=O) groups excluding carboxylic acids is 6. The summed E-state index contributed by atoms with van der Waals surface area (Å²) < 4.78 is 45.8. The van der Waals surface area contributed by atoms with Gasteiger partial charge in [-0.05, 0) is 0 Å². The van der Waals surface area contributed by atoms with Crippen molar-refractivity contribution in [2.45, 2.75) is 90.6 Å². The molecule has 24 nitrogen and oxygen atoms in total. The molecule has 4 aromatic rings. The lowest BCUT2D eigenvalue weighted by Gasteiger charge is -2.23. The SMILES string of the molecule is CC(=O)OC[C@H]1O[C@@H](n2cnc3c(Cl)[nH]c(=O)nc32)[C@H](OC(C)=O)[C@@H]1OC(C)=O.CC(=O)OC[C@H]1O[C@@H](n2cnc3c(Cl)nc(N)nc32)[C@H](OC(C)=O)[C@@H]1OC(C)=O. The second-order valence-corrected chi connectivity index (χ2v) is 13.1. The van der Waals surface area contributed by atoms with Crippen LogP contribution in [-0.4, -0.2) is 125 Å². The quantitative estimate of drug-likeness (QED) is 0.124. The Morgan fingerprint density at radius 3 is 1.50 bits per heavy atom. The molecule has 0 bridgehead atoms. The number of nitrogens with one attached hydrogen (secondary N) is 1. The van der Waals surface area contributed by atoms with Crippen LogP contribution in [0.5, 0.6) is 0 Å². The summed E-state index contributed by atoms with van der Waals surface area (Å²) in [7, 11) is 0. The van der Waals surface area contributed by atoms with Crippen molar-refractivity contribution in [2.75, 3.05) is 18.9 Å². The minimum Gasteiger partial charge on any atom is -0.463 e. The minimum absolute atomic E-state index is 0.0290. The normalized spacial score (nSPS) is 23.7. The summed E-state index contributed by atoms with van der Waals surface area (Å²) in [6.07, 6.45) is -5.67. The third kappa shape index (κ3) is 9.93. The zero-order valence-electron chi connectivity index (χ0n) is 31.3. The average Bonchev–Trinajstić information content (AvgIpc) is 3.87. The highest BCUT2D eigenvalue weighted by Gasteiger charge is 2.52. The lowest BCUT2D eigenvalue weighted by atomic mass is 10.1. The molecule has 26 heteroatoms. The van der Waals surface area contributed by atoms with Crippen LogP contribution in [0.1, 0.15) is 54.0 Å². The second-order valence-electron chi connectivity index (χ2n) is 12.4. The molecule has 0 unspecified atom stereocenters. The van der Waals surface area contributed by atoms with Crippen molar-refractivity contribution >= 4 is 87.3 Å². The number of anilines is 1. The summed E-state index contributed by atoms with van der Waals surface area (Å²) in [6, 6.07) is 0. The number of esters is 6. The largest absolute Gasteiger partial charge is 0.463 e. The Kier molecular flexibility index (Phi) is 13.5. The van der Waals surface area contributed by atoms with Gasteiger partial charge in [0.15, 0.2) is 53.3 Å². The number of nitrogens with zero attached hydrogens (tertiary/aromatic N) is 7. The van der Waals surface area contributed by atoms with E-state index in [0.717, 1.165) is 0 Å². The van der Waals surface area contributed by atoms with Crippen molar-refractivity contribution in [3.8, 4) is 0 Å². The van der Waals surface area contributed by atoms with E-state index in [1.165, 1.54) is 63.3 Å². The van der Waals surface area contributed by atoms with Crippen LogP contribution in [0.3, 0.4) is 0 Å². The van der Waals surface area contributed by atoms with Crippen molar-refractivity contribution < 1.29 is 66.7 Å². The van der Waals surface area contributed by atoms with E-state index < -0.39 is 90.6 Å². The number of hydrogen-bond donors (Lipinski definition) is 2. The molecule has 0 aromatic carbocycles. The molecule has 312 valence electrons. The average molecular weight is 857 g/mol. The number of hydrogen-bond acceptors (Lipinski definition) is 21. The zero-order chi connectivity index (χ0) is 42.6. The second kappa shape index (κ2) is 18.1. The van der Waals surface area contributed by atoms with Crippen molar-refractivity contribution in [1.29, 1.82) is 0 Å². The Hall–Kier alpha value is -5.98. The molecule has 3 N–H and O–H groups in total. The van der Waals surface area contributed by atoms with Crippen LogP contribution in [0.15, 0.2) is 17.4 Å². The molecule has 0 radical (unpaired) electrons. The summed E-state index contributed by atoms with van der Waals surface area (Å²) in [5.41, 5.74) is 5.66. The van der Waals surface area contributed by atoms with E-state index in [-0.39, 0.29) is 51.8 Å². The molecule has 0 spiro atoms. The van der Waals surface area contributed by atoms with Crippen molar-refractivity contribution in [3.63, 3.8) is 0 Å². The topological polar surface area (TPSA) is 309 Å². The van der Waals surface area contributed by atoms with Crippen molar-refractivity contribution in [3.05, 3.63) is 33.4 Å². The number of rotatable bonds is 10. The first kappa shape index (κ1) is 43.1. The third-order valence-corrected chi connectivity index (χ3v) is 8.56. The Morgan fingerprint density at radius 1 is 0.655 bits per heavy atom. The number of aromatic nitrogens is 8. The molecular formula is C32H35Cl2N9O15. The van der Waals surface area contributed by atoms with Crippen LogP contribution in [0.4, 0.5) is 5.95 Å². The molecule has 0 saturated carbocycles. The third-order valence-electron chi connectivity index (χ3n) is 8.03. The van der Waals surface area contributed by atoms with Gasteiger partial charge in [-0.15, -0.1) is 0 Å². The van der Waals surface area contributed by atoms with E-state index in [1.54, 1.807) is 0 Å². The molecule has 58 heavy (non-hydrogen) atoms. The van der Waals surface area contributed by atoms with Gasteiger partial charge in [-0.25, -0.2) is 14.8 Å². The predicted molar refractivity (Wildman–Crippen MR) is 191 cm³/mol. The molecule has 6 rings (SSSR count). The summed E-state index contributed by atoms with van der Waals surface area (Å²) in [6.45, 7) is 6.68. The van der Waals surface area contributed by atoms with Gasteiger partial charge < -0.3 is 43.6 Å². The van der Waals surface area contributed by atoms with Gasteiger partial charge in [-0.2, -0.15) is 15.0 Å². The summed E-state index contributed by atoms with van der Waals surface area (Å²) in [5.74, 6) is -3.81. The number of aromatic amines is 1. The van der Waals surface area contributed by atoms with Gasteiger partial charge >= 0.3 is 41.5 Å². The van der Waals surface area contributed by atoms with E-state index in [0.29, 0.717) is 0 Å². The molecule has 2 aliphatic heterocycles. The molecule has 0 amide bonds. The first-order valence-electron chi connectivity index (χ1n) is 16.9. The number of nitrogens with two attached hydrogens (primary N) is 1. The van der Waals surface area contributed by atoms with Crippen LogP contribution >= 0.6 is 23.2 Å². The number of H-pyrrole nitrogens is 1. The van der Waals surface area contributed by atoms with Crippen LogP contribution in [0.25, 0.3) is 22.3 Å². The lowest BCUT2D eigenvalue weighted by Crippen LogP contribution is -2.40. The van der Waals surface area contributed by atoms with Crippen LogP contribution in [-0.2, 0) is 66.7 Å². The molecule has 0 aliphatic carbocycles. The smallest absolute Gasteiger partial charge is 0.348 e. The molecule has 2 saturated heterocycles. The summed E-state index contributed by atoms with van der Waals surface area (Å²) >= 11 is 12.0. The maximum atomic E-state index is 11.7. The fourth-order valence-electron chi connectivity index (χ4n) is 6.00. The van der Waals surface area contributed by atoms with Gasteiger partial charge in [-0.3, -0.25) is 42.9 Å². The monoisotopic (exact) mass is 855 g/mol. The highest BCUT2D eigenvalue weighted by molar-refractivity contribution is 6.33. The standard InChI is InChI=1S/C16H18ClN5O7.C16H17ClN4O8/c1-6(23)26-4-9-11(27-7(2)24)12(28-8(3)25)15(29-9)22-5-19-10-13(17)20-16(18)21-14(10)22;1-6(22)26-4-9-11(27-7(2)23)12(28-8(3)24)15(29-9)21-5-18-10-13(17)19-16(25)20-14(10)21/h5,9,11-12,15H,4H2,1-3H3,(H2,18,20,21);5,9,11-12,15H,4H2,1-3H3,(H,19,20,25)/t2*9-,11-,12-,15-/m11/s1. The van der Waals surface area contributed by atoms with E-state index >= 15 is 0 Å². The zero-order valence-corrected chi connectivity index (χ0v) is 32.8. The fraction of sp³-hybridized carbons (Fsp3) is 0.500. The first-order valence-corrected chi connectivity index (χ1v) is 17.6. The molecule has 2 fully saturated rings.